The molecule has 17 heavy (non-hydrogen) atoms. The summed E-state index contributed by atoms with van der Waals surface area (Å²) in [6.45, 7) is 0.563. The molecule has 0 fully saturated rings. The van der Waals surface area contributed by atoms with E-state index in [1.54, 1.807) is 6.20 Å². The van der Waals surface area contributed by atoms with Crippen LogP contribution in [0, 0.1) is 0 Å². The molecule has 84 valence electrons. The minimum atomic E-state index is 0.563. The highest BCUT2D eigenvalue weighted by molar-refractivity contribution is 6.06. The topological polar surface area (TPSA) is 54.7 Å². The lowest BCUT2D eigenvalue weighted by molar-refractivity contribution is 1.26. The summed E-state index contributed by atoms with van der Waals surface area (Å²) in [6.07, 6.45) is 5.79. The first-order valence-corrected chi connectivity index (χ1v) is 5.61. The van der Waals surface area contributed by atoms with Crippen molar-refractivity contribution in [3.63, 3.8) is 0 Å². The van der Waals surface area contributed by atoms with E-state index in [0.717, 1.165) is 22.1 Å². The van der Waals surface area contributed by atoms with Crippen molar-refractivity contribution in [1.29, 1.82) is 0 Å². The molecule has 0 unspecified atom stereocenters. The van der Waals surface area contributed by atoms with Crippen LogP contribution in [0.15, 0.2) is 42.6 Å². The van der Waals surface area contributed by atoms with E-state index in [-0.39, 0.29) is 0 Å². The van der Waals surface area contributed by atoms with Gasteiger partial charge in [-0.3, -0.25) is 0 Å². The molecule has 0 amide bonds. The van der Waals surface area contributed by atoms with Gasteiger partial charge in [-0.05, 0) is 29.8 Å². The summed E-state index contributed by atoms with van der Waals surface area (Å²) < 4.78 is 0. The Bertz CT molecular complexity index is 695. The van der Waals surface area contributed by atoms with Gasteiger partial charge in [0, 0.05) is 29.0 Å². The third kappa shape index (κ3) is 1.70. The van der Waals surface area contributed by atoms with Gasteiger partial charge in [0.05, 0.1) is 0 Å². The maximum Gasteiger partial charge on any atom is 0.138 e. The van der Waals surface area contributed by atoms with E-state index in [0.29, 0.717) is 6.54 Å². The highest BCUT2D eigenvalue weighted by atomic mass is 14.8. The normalized spacial score (nSPS) is 11.8. The predicted octanol–water partition coefficient (Wildman–Crippen LogP) is 2.69. The minimum Gasteiger partial charge on any atom is -0.339 e. The number of nitrogens with zero attached hydrogens (tertiary/aromatic N) is 1. The van der Waals surface area contributed by atoms with Gasteiger partial charge in [-0.25, -0.2) is 4.98 Å². The number of aromatic nitrogens is 2. The van der Waals surface area contributed by atoms with Crippen LogP contribution in [0.3, 0.4) is 0 Å². The van der Waals surface area contributed by atoms with Gasteiger partial charge in [0.25, 0.3) is 0 Å². The summed E-state index contributed by atoms with van der Waals surface area (Å²) in [5, 5.41) is 2.36. The Labute approximate surface area is 99.0 Å². The maximum atomic E-state index is 5.46. The lowest BCUT2D eigenvalue weighted by atomic mass is 10.1. The van der Waals surface area contributed by atoms with Gasteiger partial charge in [-0.2, -0.15) is 0 Å². The van der Waals surface area contributed by atoms with Gasteiger partial charge in [0.15, 0.2) is 0 Å². The van der Waals surface area contributed by atoms with Crippen LogP contribution in [0.4, 0.5) is 0 Å². The van der Waals surface area contributed by atoms with Crippen molar-refractivity contribution in [3.8, 4) is 0 Å². The van der Waals surface area contributed by atoms with Crippen LogP contribution in [-0.4, -0.2) is 16.5 Å². The summed E-state index contributed by atoms with van der Waals surface area (Å²) in [5.41, 5.74) is 8.66. The first-order chi connectivity index (χ1) is 8.38. The third-order valence-corrected chi connectivity index (χ3v) is 2.84. The summed E-state index contributed by atoms with van der Waals surface area (Å²) >= 11 is 0. The smallest absolute Gasteiger partial charge is 0.138 e. The summed E-state index contributed by atoms with van der Waals surface area (Å²) in [5.74, 6) is 0. The molecule has 0 saturated heterocycles. The fourth-order valence-electron chi connectivity index (χ4n) is 2.05. The van der Waals surface area contributed by atoms with E-state index in [9.17, 15) is 0 Å². The van der Waals surface area contributed by atoms with Crippen LogP contribution in [-0.2, 0) is 0 Å². The third-order valence-electron chi connectivity index (χ3n) is 2.84. The molecule has 2 aromatic heterocycles. The zero-order valence-corrected chi connectivity index (χ0v) is 9.35. The number of benzene rings is 1. The standard InChI is InChI=1S/C14H13N3/c15-7-1-3-10-5-6-13-12(9-10)11-4-2-8-16-14(11)17-13/h1-6,8-9H,7,15H2,(H,16,17)/b3-1+. The first kappa shape index (κ1) is 10.1. The maximum absolute atomic E-state index is 5.46. The Hall–Kier alpha value is -2.13. The molecular formula is C14H13N3. The molecule has 3 nitrogen and oxygen atoms in total. The quantitative estimate of drug-likeness (QED) is 0.701. The molecular weight excluding hydrogens is 210 g/mol. The van der Waals surface area contributed by atoms with Crippen molar-refractivity contribution in [2.45, 2.75) is 0 Å². The van der Waals surface area contributed by atoms with Gasteiger partial charge < -0.3 is 10.7 Å². The second kappa shape index (κ2) is 4.03. The second-order valence-electron chi connectivity index (χ2n) is 3.97. The number of rotatable bonds is 2. The van der Waals surface area contributed by atoms with E-state index in [1.165, 1.54) is 5.39 Å². The Morgan fingerprint density at radius 1 is 1.24 bits per heavy atom. The number of nitrogens with one attached hydrogen (secondary N) is 1. The molecule has 2 heterocycles. The van der Waals surface area contributed by atoms with Crippen molar-refractivity contribution in [2.75, 3.05) is 6.54 Å². The molecule has 0 aliphatic carbocycles. The molecule has 0 aliphatic heterocycles. The Morgan fingerprint density at radius 3 is 3.06 bits per heavy atom. The molecule has 3 aromatic rings. The van der Waals surface area contributed by atoms with Crippen LogP contribution >= 0.6 is 0 Å². The lowest BCUT2D eigenvalue weighted by Crippen LogP contribution is -1.91. The van der Waals surface area contributed by atoms with Gasteiger partial charge >= 0.3 is 0 Å². The van der Waals surface area contributed by atoms with Gasteiger partial charge in [0.1, 0.15) is 5.65 Å². The Balaban J connectivity index is 2.26. The molecule has 0 spiro atoms. The molecule has 0 bridgehead atoms. The molecule has 0 saturated carbocycles. The van der Waals surface area contributed by atoms with Crippen LogP contribution in [0.1, 0.15) is 5.56 Å². The largest absolute Gasteiger partial charge is 0.339 e. The van der Waals surface area contributed by atoms with Crippen molar-refractivity contribution < 1.29 is 0 Å². The van der Waals surface area contributed by atoms with E-state index in [2.05, 4.69) is 34.2 Å². The number of pyridine rings is 1. The number of aromatic amines is 1. The van der Waals surface area contributed by atoms with E-state index in [4.69, 9.17) is 5.73 Å². The molecule has 1 aromatic carbocycles. The van der Waals surface area contributed by atoms with Crippen molar-refractivity contribution in [3.05, 3.63) is 48.2 Å². The van der Waals surface area contributed by atoms with Gasteiger partial charge in [-0.15, -0.1) is 0 Å². The molecule has 0 radical (unpaired) electrons. The molecule has 3 N–H and O–H groups in total. The van der Waals surface area contributed by atoms with E-state index in [1.807, 2.05) is 18.2 Å². The Kier molecular flexibility index (Phi) is 2.38. The van der Waals surface area contributed by atoms with E-state index >= 15 is 0 Å². The minimum absolute atomic E-state index is 0.563. The summed E-state index contributed by atoms with van der Waals surface area (Å²) in [6, 6.07) is 10.3. The monoisotopic (exact) mass is 223 g/mol. The fraction of sp³-hybridized carbons (Fsp3) is 0.0714. The van der Waals surface area contributed by atoms with Crippen LogP contribution in [0.5, 0.6) is 0 Å². The molecule has 0 aliphatic rings. The van der Waals surface area contributed by atoms with Crippen LogP contribution < -0.4 is 5.73 Å². The highest BCUT2D eigenvalue weighted by Gasteiger charge is 2.03. The number of hydrogen-bond donors (Lipinski definition) is 2. The molecule has 3 rings (SSSR count). The number of H-pyrrole nitrogens is 1. The molecule has 3 heteroatoms. The number of nitrogens with two attached hydrogens (primary N) is 1. The number of fused-ring (bicyclic) bond motifs is 3. The van der Waals surface area contributed by atoms with Crippen molar-refractivity contribution in [1.82, 2.24) is 9.97 Å². The fourth-order valence-corrected chi connectivity index (χ4v) is 2.05. The summed E-state index contributed by atoms with van der Waals surface area (Å²) in [7, 11) is 0. The van der Waals surface area contributed by atoms with Gasteiger partial charge in [-0.1, -0.05) is 18.2 Å². The predicted molar refractivity (Wildman–Crippen MR) is 71.7 cm³/mol. The van der Waals surface area contributed by atoms with Crippen molar-refractivity contribution >= 4 is 28.0 Å². The summed E-state index contributed by atoms with van der Waals surface area (Å²) in [4.78, 5) is 7.62. The highest BCUT2D eigenvalue weighted by Crippen LogP contribution is 2.24. The van der Waals surface area contributed by atoms with Gasteiger partial charge in [0.2, 0.25) is 0 Å². The van der Waals surface area contributed by atoms with Crippen molar-refractivity contribution in [2.24, 2.45) is 5.73 Å². The second-order valence-corrected chi connectivity index (χ2v) is 3.97. The lowest BCUT2D eigenvalue weighted by Gasteiger charge is -1.94. The number of hydrogen-bond acceptors (Lipinski definition) is 2. The van der Waals surface area contributed by atoms with Crippen LogP contribution in [0.2, 0.25) is 0 Å². The zero-order chi connectivity index (χ0) is 11.7. The van der Waals surface area contributed by atoms with E-state index < -0.39 is 0 Å². The van der Waals surface area contributed by atoms with Crippen LogP contribution in [0.25, 0.3) is 28.0 Å². The molecule has 0 atom stereocenters. The first-order valence-electron chi connectivity index (χ1n) is 5.61. The Morgan fingerprint density at radius 2 is 2.18 bits per heavy atom. The zero-order valence-electron chi connectivity index (χ0n) is 9.35. The average Bonchev–Trinajstić information content (AvgIpc) is 2.74. The average molecular weight is 223 g/mol. The SMILES string of the molecule is NC/C=C/c1ccc2[nH]c3ncccc3c2c1.